The summed E-state index contributed by atoms with van der Waals surface area (Å²) >= 11 is 1.50. The van der Waals surface area contributed by atoms with Crippen molar-refractivity contribution in [3.05, 3.63) is 28.2 Å². The van der Waals surface area contributed by atoms with Gasteiger partial charge in [-0.2, -0.15) is 5.26 Å². The van der Waals surface area contributed by atoms with Crippen LogP contribution in [0.15, 0.2) is 12.2 Å². The van der Waals surface area contributed by atoms with Crippen molar-refractivity contribution < 1.29 is 14.7 Å². The standard InChI is InChI=1S/C20H24N2O3S/c1-2-5-12-8-9-13-16(11-21)19(26-17(13)10-12)22-18(23)14-6-3-4-7-15(14)20(24)25/h3-4,12,14-15H,2,5-10H2,1H3,(H,22,23)(H,24,25)/t12-,14-,15-/m1/s1. The van der Waals surface area contributed by atoms with Gasteiger partial charge in [0, 0.05) is 4.88 Å². The van der Waals surface area contributed by atoms with E-state index in [0.717, 1.165) is 31.2 Å². The minimum atomic E-state index is -0.942. The molecule has 2 aliphatic rings. The molecule has 1 aromatic rings. The fourth-order valence-electron chi connectivity index (χ4n) is 4.10. The van der Waals surface area contributed by atoms with Crippen LogP contribution in [0.1, 0.15) is 55.0 Å². The lowest BCUT2D eigenvalue weighted by atomic mass is 9.82. The summed E-state index contributed by atoms with van der Waals surface area (Å²) in [5.41, 5.74) is 1.66. The first-order valence-corrected chi connectivity index (χ1v) is 10.1. The summed E-state index contributed by atoms with van der Waals surface area (Å²) < 4.78 is 0. The van der Waals surface area contributed by atoms with Crippen molar-refractivity contribution in [3.63, 3.8) is 0 Å². The fraction of sp³-hybridized carbons (Fsp3) is 0.550. The van der Waals surface area contributed by atoms with E-state index in [4.69, 9.17) is 0 Å². The predicted octanol–water partition coefficient (Wildman–Crippen LogP) is 4.13. The second-order valence-electron chi connectivity index (χ2n) is 7.20. The van der Waals surface area contributed by atoms with Crippen molar-refractivity contribution in [2.45, 2.75) is 51.9 Å². The molecule has 0 aliphatic heterocycles. The van der Waals surface area contributed by atoms with Gasteiger partial charge in [-0.3, -0.25) is 9.59 Å². The quantitative estimate of drug-likeness (QED) is 0.760. The van der Waals surface area contributed by atoms with E-state index in [9.17, 15) is 20.0 Å². The van der Waals surface area contributed by atoms with Crippen LogP contribution in [-0.2, 0) is 22.4 Å². The van der Waals surface area contributed by atoms with Gasteiger partial charge in [0.05, 0.1) is 17.4 Å². The van der Waals surface area contributed by atoms with Crippen LogP contribution in [0, 0.1) is 29.1 Å². The third-order valence-corrected chi connectivity index (χ3v) is 6.67. The van der Waals surface area contributed by atoms with Crippen LogP contribution in [-0.4, -0.2) is 17.0 Å². The van der Waals surface area contributed by atoms with Crippen molar-refractivity contribution in [2.75, 3.05) is 5.32 Å². The van der Waals surface area contributed by atoms with Gasteiger partial charge in [0.15, 0.2) is 0 Å². The number of carboxylic acid groups (broad SMARTS) is 1. The summed E-state index contributed by atoms with van der Waals surface area (Å²) in [6, 6.07) is 2.26. The number of hydrogen-bond donors (Lipinski definition) is 2. The molecule has 138 valence electrons. The maximum Gasteiger partial charge on any atom is 0.307 e. The number of thiophene rings is 1. The summed E-state index contributed by atoms with van der Waals surface area (Å²) in [7, 11) is 0. The molecule has 0 fully saturated rings. The molecule has 0 spiro atoms. The molecule has 0 aromatic carbocycles. The van der Waals surface area contributed by atoms with Crippen molar-refractivity contribution in [2.24, 2.45) is 17.8 Å². The molecule has 0 unspecified atom stereocenters. The summed E-state index contributed by atoms with van der Waals surface area (Å²) in [6.45, 7) is 2.19. The monoisotopic (exact) mass is 372 g/mol. The van der Waals surface area contributed by atoms with Crippen molar-refractivity contribution in [1.29, 1.82) is 5.26 Å². The number of hydrogen-bond acceptors (Lipinski definition) is 4. The first kappa shape index (κ1) is 18.7. The third-order valence-electron chi connectivity index (χ3n) is 5.50. The minimum Gasteiger partial charge on any atom is -0.481 e. The Morgan fingerprint density at radius 1 is 1.35 bits per heavy atom. The Bertz CT molecular complexity index is 775. The van der Waals surface area contributed by atoms with Crippen LogP contribution in [0.3, 0.4) is 0 Å². The molecule has 2 N–H and O–H groups in total. The predicted molar refractivity (Wildman–Crippen MR) is 101 cm³/mol. The highest BCUT2D eigenvalue weighted by atomic mass is 32.1. The number of nitrogens with zero attached hydrogens (tertiary/aromatic N) is 1. The molecule has 6 heteroatoms. The van der Waals surface area contributed by atoms with E-state index in [2.05, 4.69) is 18.3 Å². The highest BCUT2D eigenvalue weighted by molar-refractivity contribution is 7.16. The Morgan fingerprint density at radius 2 is 2.08 bits per heavy atom. The molecule has 3 rings (SSSR count). The number of amides is 1. The van der Waals surface area contributed by atoms with Gasteiger partial charge in [-0.25, -0.2) is 0 Å². The van der Waals surface area contributed by atoms with Gasteiger partial charge in [-0.05, 0) is 43.6 Å². The van der Waals surface area contributed by atoms with Gasteiger partial charge >= 0.3 is 5.97 Å². The van der Waals surface area contributed by atoms with E-state index in [-0.39, 0.29) is 5.91 Å². The van der Waals surface area contributed by atoms with Crippen LogP contribution >= 0.6 is 11.3 Å². The normalized spacial score (nSPS) is 24.5. The molecule has 1 heterocycles. The Labute approximate surface area is 157 Å². The SMILES string of the molecule is CCC[C@@H]1CCc2c(sc(NC(=O)[C@@H]3CC=CC[C@H]3C(=O)O)c2C#N)C1. The second kappa shape index (κ2) is 8.05. The van der Waals surface area contributed by atoms with Crippen molar-refractivity contribution in [3.8, 4) is 6.07 Å². The van der Waals surface area contributed by atoms with E-state index in [1.165, 1.54) is 22.6 Å². The average molecular weight is 372 g/mol. The Morgan fingerprint density at radius 3 is 2.73 bits per heavy atom. The van der Waals surface area contributed by atoms with Crippen LogP contribution < -0.4 is 5.32 Å². The van der Waals surface area contributed by atoms with Crippen molar-refractivity contribution >= 4 is 28.2 Å². The molecular formula is C20H24N2O3S. The zero-order chi connectivity index (χ0) is 18.7. The zero-order valence-electron chi connectivity index (χ0n) is 15.0. The maximum absolute atomic E-state index is 12.7. The first-order chi connectivity index (χ1) is 12.5. The lowest BCUT2D eigenvalue weighted by Crippen LogP contribution is -2.34. The molecule has 0 radical (unpaired) electrons. The lowest BCUT2D eigenvalue weighted by Gasteiger charge is -2.23. The van der Waals surface area contributed by atoms with E-state index < -0.39 is 17.8 Å². The summed E-state index contributed by atoms with van der Waals surface area (Å²) in [6.07, 6.45) is 9.79. The van der Waals surface area contributed by atoms with Crippen LogP contribution in [0.25, 0.3) is 0 Å². The second-order valence-corrected chi connectivity index (χ2v) is 8.31. The van der Waals surface area contributed by atoms with Crippen molar-refractivity contribution in [1.82, 2.24) is 0 Å². The molecule has 5 nitrogen and oxygen atoms in total. The van der Waals surface area contributed by atoms with Gasteiger partial charge in [0.25, 0.3) is 0 Å². The van der Waals surface area contributed by atoms with Gasteiger partial charge in [0.1, 0.15) is 11.1 Å². The van der Waals surface area contributed by atoms with Gasteiger partial charge < -0.3 is 10.4 Å². The van der Waals surface area contributed by atoms with Gasteiger partial charge in [-0.1, -0.05) is 31.9 Å². The largest absolute Gasteiger partial charge is 0.481 e. The number of rotatable bonds is 5. The number of nitriles is 1. The van der Waals surface area contributed by atoms with Gasteiger partial charge in [-0.15, -0.1) is 11.3 Å². The van der Waals surface area contributed by atoms with Crippen LogP contribution in [0.5, 0.6) is 0 Å². The Hall–Kier alpha value is -2.13. The summed E-state index contributed by atoms with van der Waals surface area (Å²) in [5, 5.41) is 22.4. The number of anilines is 1. The number of carboxylic acids is 1. The molecule has 0 saturated carbocycles. The molecule has 2 aliphatic carbocycles. The number of carbonyl (C=O) groups excluding carboxylic acids is 1. The number of carbonyl (C=O) groups is 2. The van der Waals surface area contributed by atoms with E-state index in [1.54, 1.807) is 0 Å². The summed E-state index contributed by atoms with van der Waals surface area (Å²) in [4.78, 5) is 25.4. The Balaban J connectivity index is 1.80. The number of aliphatic carboxylic acids is 1. The highest BCUT2D eigenvalue weighted by Gasteiger charge is 2.35. The van der Waals surface area contributed by atoms with E-state index in [1.807, 2.05) is 12.2 Å². The number of nitrogens with one attached hydrogen (secondary N) is 1. The zero-order valence-corrected chi connectivity index (χ0v) is 15.8. The molecule has 3 atom stereocenters. The van der Waals surface area contributed by atoms with Crippen LogP contribution in [0.4, 0.5) is 5.00 Å². The number of fused-ring (bicyclic) bond motifs is 1. The van der Waals surface area contributed by atoms with Gasteiger partial charge in [0.2, 0.25) is 5.91 Å². The fourth-order valence-corrected chi connectivity index (χ4v) is 5.41. The summed E-state index contributed by atoms with van der Waals surface area (Å²) in [5.74, 6) is -1.86. The molecule has 26 heavy (non-hydrogen) atoms. The molecule has 1 aromatic heterocycles. The minimum absolute atomic E-state index is 0.290. The number of allylic oxidation sites excluding steroid dienone is 2. The van der Waals surface area contributed by atoms with E-state index in [0.29, 0.717) is 29.3 Å². The third kappa shape index (κ3) is 3.68. The smallest absolute Gasteiger partial charge is 0.307 e. The first-order valence-electron chi connectivity index (χ1n) is 9.28. The Kier molecular flexibility index (Phi) is 5.77. The molecular weight excluding hydrogens is 348 g/mol. The van der Waals surface area contributed by atoms with Crippen LogP contribution in [0.2, 0.25) is 0 Å². The average Bonchev–Trinajstić information content (AvgIpc) is 2.98. The highest BCUT2D eigenvalue weighted by Crippen LogP contribution is 2.41. The molecule has 1 amide bonds. The maximum atomic E-state index is 12.7. The lowest BCUT2D eigenvalue weighted by molar-refractivity contribution is -0.146. The topological polar surface area (TPSA) is 90.2 Å². The molecule has 0 bridgehead atoms. The van der Waals surface area contributed by atoms with E-state index >= 15 is 0 Å². The molecule has 0 saturated heterocycles.